The van der Waals surface area contributed by atoms with E-state index >= 15 is 0 Å². The van der Waals surface area contributed by atoms with E-state index in [2.05, 4.69) is 0 Å². The summed E-state index contributed by atoms with van der Waals surface area (Å²) in [7, 11) is 0. The first kappa shape index (κ1) is 6.99. The van der Waals surface area contributed by atoms with Gasteiger partial charge in [0.25, 0.3) is 0 Å². The van der Waals surface area contributed by atoms with Crippen molar-refractivity contribution in [2.75, 3.05) is 5.73 Å². The van der Waals surface area contributed by atoms with Crippen LogP contribution in [0.5, 0.6) is 0 Å². The van der Waals surface area contributed by atoms with E-state index in [9.17, 15) is 0 Å². The predicted molar refractivity (Wildman–Crippen MR) is 47.9 cm³/mol. The first-order valence-corrected chi connectivity index (χ1v) is 4.22. The van der Waals surface area contributed by atoms with E-state index in [1.54, 1.807) is 0 Å². The van der Waals surface area contributed by atoms with Crippen LogP contribution in [-0.4, -0.2) is 0 Å². The first-order chi connectivity index (χ1) is 5.29. The molecule has 1 aromatic rings. The van der Waals surface area contributed by atoms with Crippen LogP contribution < -0.4 is 5.73 Å². The SMILES string of the molecule is Nc1ccc(Cl)c2c1CCC2. The minimum absolute atomic E-state index is 0.881. The monoisotopic (exact) mass is 167 g/mol. The van der Waals surface area contributed by atoms with E-state index in [0.29, 0.717) is 0 Å². The van der Waals surface area contributed by atoms with Gasteiger partial charge in [-0.25, -0.2) is 0 Å². The summed E-state index contributed by atoms with van der Waals surface area (Å²) in [6.07, 6.45) is 3.39. The van der Waals surface area contributed by atoms with Crippen molar-refractivity contribution in [1.29, 1.82) is 0 Å². The average Bonchev–Trinajstić information content (AvgIpc) is 2.45. The lowest BCUT2D eigenvalue weighted by Gasteiger charge is -2.04. The number of fused-ring (bicyclic) bond motifs is 1. The molecule has 1 nitrogen and oxygen atoms in total. The van der Waals surface area contributed by atoms with Crippen molar-refractivity contribution in [3.8, 4) is 0 Å². The van der Waals surface area contributed by atoms with Gasteiger partial charge < -0.3 is 5.73 Å². The fraction of sp³-hybridized carbons (Fsp3) is 0.333. The maximum absolute atomic E-state index is 5.99. The maximum atomic E-state index is 5.99. The fourth-order valence-electron chi connectivity index (χ4n) is 1.69. The summed E-state index contributed by atoms with van der Waals surface area (Å²) in [5, 5.41) is 0.881. The average molecular weight is 168 g/mol. The molecule has 11 heavy (non-hydrogen) atoms. The van der Waals surface area contributed by atoms with Crippen molar-refractivity contribution in [2.24, 2.45) is 0 Å². The standard InChI is InChI=1S/C9H10ClN/c10-8-4-5-9(11)7-3-1-2-6(7)8/h4-5H,1-3,11H2. The zero-order valence-corrected chi connectivity index (χ0v) is 6.99. The quantitative estimate of drug-likeness (QED) is 0.590. The molecule has 2 N–H and O–H groups in total. The van der Waals surface area contributed by atoms with Gasteiger partial charge in [-0.1, -0.05) is 11.6 Å². The van der Waals surface area contributed by atoms with Gasteiger partial charge in [-0.15, -0.1) is 0 Å². The van der Waals surface area contributed by atoms with Crippen molar-refractivity contribution in [3.63, 3.8) is 0 Å². The number of hydrogen-bond donors (Lipinski definition) is 1. The van der Waals surface area contributed by atoms with Gasteiger partial charge in [0.15, 0.2) is 0 Å². The Kier molecular flexibility index (Phi) is 1.53. The van der Waals surface area contributed by atoms with Crippen LogP contribution in [0.2, 0.25) is 5.02 Å². The first-order valence-electron chi connectivity index (χ1n) is 3.85. The molecular weight excluding hydrogens is 158 g/mol. The van der Waals surface area contributed by atoms with Crippen LogP contribution in [-0.2, 0) is 12.8 Å². The second kappa shape index (κ2) is 2.42. The molecule has 58 valence electrons. The van der Waals surface area contributed by atoms with Crippen molar-refractivity contribution in [2.45, 2.75) is 19.3 Å². The van der Waals surface area contributed by atoms with Gasteiger partial charge in [0.1, 0.15) is 0 Å². The Hall–Kier alpha value is -0.690. The number of hydrogen-bond acceptors (Lipinski definition) is 1. The van der Waals surface area contributed by atoms with Crippen molar-refractivity contribution in [3.05, 3.63) is 28.3 Å². The molecular formula is C9H10ClN. The lowest BCUT2D eigenvalue weighted by molar-refractivity contribution is 0.912. The third-order valence-corrected chi connectivity index (χ3v) is 2.62. The number of rotatable bonds is 0. The fourth-order valence-corrected chi connectivity index (χ4v) is 1.96. The molecule has 1 aromatic carbocycles. The van der Waals surface area contributed by atoms with Crippen LogP contribution in [0.15, 0.2) is 12.1 Å². The second-order valence-corrected chi connectivity index (χ2v) is 3.35. The van der Waals surface area contributed by atoms with Crippen LogP contribution >= 0.6 is 11.6 Å². The lowest BCUT2D eigenvalue weighted by Crippen LogP contribution is -1.93. The van der Waals surface area contributed by atoms with E-state index in [0.717, 1.165) is 23.6 Å². The molecule has 0 radical (unpaired) electrons. The normalized spacial score (nSPS) is 15.0. The molecule has 2 rings (SSSR count). The van der Waals surface area contributed by atoms with Gasteiger partial charge >= 0.3 is 0 Å². The summed E-state index contributed by atoms with van der Waals surface area (Å²) in [5.41, 5.74) is 9.23. The zero-order valence-electron chi connectivity index (χ0n) is 6.23. The highest BCUT2D eigenvalue weighted by molar-refractivity contribution is 6.31. The highest BCUT2D eigenvalue weighted by atomic mass is 35.5. The Morgan fingerprint density at radius 2 is 1.91 bits per heavy atom. The van der Waals surface area contributed by atoms with E-state index in [1.165, 1.54) is 17.5 Å². The number of nitrogen functional groups attached to an aromatic ring is 1. The Balaban J connectivity index is 2.64. The summed E-state index contributed by atoms with van der Waals surface area (Å²) in [4.78, 5) is 0. The van der Waals surface area contributed by atoms with E-state index in [4.69, 9.17) is 17.3 Å². The molecule has 0 fully saturated rings. The highest BCUT2D eigenvalue weighted by Crippen LogP contribution is 2.32. The van der Waals surface area contributed by atoms with Gasteiger partial charge in [0.05, 0.1) is 0 Å². The molecule has 0 amide bonds. The number of benzene rings is 1. The minimum atomic E-state index is 0.881. The predicted octanol–water partition coefficient (Wildman–Crippen LogP) is 2.41. The summed E-state index contributed by atoms with van der Waals surface area (Å²) >= 11 is 5.99. The molecule has 0 aliphatic heterocycles. The van der Waals surface area contributed by atoms with Gasteiger partial charge in [-0.2, -0.15) is 0 Å². The van der Waals surface area contributed by atoms with Crippen LogP contribution in [0.4, 0.5) is 5.69 Å². The Morgan fingerprint density at radius 1 is 1.18 bits per heavy atom. The van der Waals surface area contributed by atoms with Crippen molar-refractivity contribution in [1.82, 2.24) is 0 Å². The highest BCUT2D eigenvalue weighted by Gasteiger charge is 2.15. The van der Waals surface area contributed by atoms with Crippen molar-refractivity contribution >= 4 is 17.3 Å². The van der Waals surface area contributed by atoms with E-state index in [-0.39, 0.29) is 0 Å². The molecule has 0 unspecified atom stereocenters. The Morgan fingerprint density at radius 3 is 2.64 bits per heavy atom. The Bertz CT molecular complexity index is 265. The van der Waals surface area contributed by atoms with Crippen LogP contribution in [0.3, 0.4) is 0 Å². The molecule has 1 aliphatic carbocycles. The topological polar surface area (TPSA) is 26.0 Å². The molecule has 0 saturated carbocycles. The van der Waals surface area contributed by atoms with Gasteiger partial charge in [-0.3, -0.25) is 0 Å². The molecule has 0 heterocycles. The van der Waals surface area contributed by atoms with Crippen LogP contribution in [0.25, 0.3) is 0 Å². The number of nitrogens with two attached hydrogens (primary N) is 1. The summed E-state index contributed by atoms with van der Waals surface area (Å²) in [6, 6.07) is 3.79. The van der Waals surface area contributed by atoms with Gasteiger partial charge in [-0.05, 0) is 42.5 Å². The second-order valence-electron chi connectivity index (χ2n) is 2.95. The zero-order chi connectivity index (χ0) is 7.84. The van der Waals surface area contributed by atoms with Gasteiger partial charge in [0, 0.05) is 10.7 Å². The molecule has 2 heteroatoms. The van der Waals surface area contributed by atoms with Crippen LogP contribution in [0.1, 0.15) is 17.5 Å². The molecule has 0 bridgehead atoms. The summed E-state index contributed by atoms with van der Waals surface area (Å²) in [5.74, 6) is 0. The summed E-state index contributed by atoms with van der Waals surface area (Å²) < 4.78 is 0. The van der Waals surface area contributed by atoms with Crippen LogP contribution in [0, 0.1) is 0 Å². The minimum Gasteiger partial charge on any atom is -0.398 e. The molecule has 0 spiro atoms. The molecule has 0 saturated heterocycles. The number of anilines is 1. The lowest BCUT2D eigenvalue weighted by atomic mass is 10.1. The van der Waals surface area contributed by atoms with E-state index < -0.39 is 0 Å². The maximum Gasteiger partial charge on any atom is 0.0442 e. The largest absolute Gasteiger partial charge is 0.398 e. The third-order valence-electron chi connectivity index (χ3n) is 2.26. The summed E-state index contributed by atoms with van der Waals surface area (Å²) in [6.45, 7) is 0. The van der Waals surface area contributed by atoms with Gasteiger partial charge in [0.2, 0.25) is 0 Å². The molecule has 0 aromatic heterocycles. The van der Waals surface area contributed by atoms with Crippen molar-refractivity contribution < 1.29 is 0 Å². The smallest absolute Gasteiger partial charge is 0.0442 e. The molecule has 1 aliphatic rings. The molecule has 0 atom stereocenters. The Labute approximate surface area is 71.2 Å². The third kappa shape index (κ3) is 1.000. The van der Waals surface area contributed by atoms with E-state index in [1.807, 2.05) is 12.1 Å². The number of halogens is 1.